The highest BCUT2D eigenvalue weighted by Crippen LogP contribution is 2.27. The minimum atomic E-state index is -0.0926. The van der Waals surface area contributed by atoms with E-state index in [1.165, 1.54) is 0 Å². The van der Waals surface area contributed by atoms with Crippen molar-refractivity contribution in [3.8, 4) is 0 Å². The normalized spacial score (nSPS) is 15.2. The molecule has 1 atom stereocenters. The van der Waals surface area contributed by atoms with Crippen molar-refractivity contribution in [1.82, 2.24) is 0 Å². The molecule has 0 N–H and O–H groups in total. The molecule has 1 heterocycles. The molecule has 1 aromatic rings. The summed E-state index contributed by atoms with van der Waals surface area (Å²) in [5.41, 5.74) is 1.28. The first-order valence-electron chi connectivity index (χ1n) is 4.39. The van der Waals surface area contributed by atoms with Gasteiger partial charge in [0, 0.05) is 18.5 Å². The highest BCUT2D eigenvalue weighted by molar-refractivity contribution is 7.40. The second-order valence-electron chi connectivity index (χ2n) is 3.18. The Labute approximate surface area is 84.3 Å². The van der Waals surface area contributed by atoms with Crippen LogP contribution in [0.3, 0.4) is 0 Å². The van der Waals surface area contributed by atoms with Gasteiger partial charge in [-0.05, 0) is 21.4 Å². The van der Waals surface area contributed by atoms with Gasteiger partial charge in [0.2, 0.25) is 5.65 Å². The van der Waals surface area contributed by atoms with Crippen molar-refractivity contribution in [1.29, 1.82) is 0 Å². The van der Waals surface area contributed by atoms with Gasteiger partial charge in [-0.25, -0.2) is 0 Å². The third kappa shape index (κ3) is 1.44. The van der Waals surface area contributed by atoms with Crippen LogP contribution in [-0.4, -0.2) is 18.0 Å². The van der Waals surface area contributed by atoms with Crippen LogP contribution >= 0.6 is 9.24 Å². The van der Waals surface area contributed by atoms with Gasteiger partial charge in [-0.2, -0.15) is 0 Å². The first-order valence-corrected chi connectivity index (χ1v) is 4.97. The SMILES string of the molecule is O=C1CCN(C(=O)P)c2ccccc21. The van der Waals surface area contributed by atoms with Crippen LogP contribution in [0.5, 0.6) is 0 Å². The van der Waals surface area contributed by atoms with Crippen LogP contribution in [0.25, 0.3) is 0 Å². The lowest BCUT2D eigenvalue weighted by atomic mass is 10.0. The Kier molecular flexibility index (Phi) is 2.34. The summed E-state index contributed by atoms with van der Waals surface area (Å²) in [4.78, 5) is 24.4. The molecule has 0 aliphatic carbocycles. The molecule has 1 aromatic carbocycles. The minimum Gasteiger partial charge on any atom is -0.308 e. The summed E-state index contributed by atoms with van der Waals surface area (Å²) in [6, 6.07) is 7.21. The van der Waals surface area contributed by atoms with Crippen LogP contribution in [-0.2, 0) is 0 Å². The Morgan fingerprint density at radius 2 is 2.07 bits per heavy atom. The Morgan fingerprint density at radius 1 is 1.36 bits per heavy atom. The van der Waals surface area contributed by atoms with E-state index in [2.05, 4.69) is 9.24 Å². The molecule has 3 nitrogen and oxygen atoms in total. The summed E-state index contributed by atoms with van der Waals surface area (Å²) in [7, 11) is 2.13. The van der Waals surface area contributed by atoms with Crippen LogP contribution in [0.4, 0.5) is 10.5 Å². The van der Waals surface area contributed by atoms with Gasteiger partial charge in [0.25, 0.3) is 0 Å². The van der Waals surface area contributed by atoms with Crippen molar-refractivity contribution in [3.63, 3.8) is 0 Å². The number of anilines is 1. The van der Waals surface area contributed by atoms with Crippen molar-refractivity contribution in [2.75, 3.05) is 11.4 Å². The Bertz CT molecular complexity index is 403. The number of carbonyl (C=O) groups is 2. The van der Waals surface area contributed by atoms with E-state index in [0.717, 1.165) is 5.69 Å². The van der Waals surface area contributed by atoms with E-state index in [1.807, 2.05) is 12.1 Å². The fourth-order valence-corrected chi connectivity index (χ4v) is 1.91. The van der Waals surface area contributed by atoms with Crippen molar-refractivity contribution < 1.29 is 9.59 Å². The van der Waals surface area contributed by atoms with E-state index < -0.39 is 0 Å². The van der Waals surface area contributed by atoms with Crippen molar-refractivity contribution in [2.24, 2.45) is 0 Å². The van der Waals surface area contributed by atoms with Crippen LogP contribution in [0.15, 0.2) is 24.3 Å². The first-order chi connectivity index (χ1) is 6.70. The number of carbonyl (C=O) groups excluding carboxylic acids is 2. The number of amides is 1. The van der Waals surface area contributed by atoms with Gasteiger partial charge in [-0.15, -0.1) is 0 Å². The molecule has 1 unspecified atom stereocenters. The van der Waals surface area contributed by atoms with E-state index in [4.69, 9.17) is 0 Å². The summed E-state index contributed by atoms with van der Waals surface area (Å²) >= 11 is 0. The fourth-order valence-electron chi connectivity index (χ4n) is 1.64. The topological polar surface area (TPSA) is 37.4 Å². The van der Waals surface area contributed by atoms with Gasteiger partial charge in [0.1, 0.15) is 0 Å². The Balaban J connectivity index is 2.52. The molecule has 4 heteroatoms. The number of para-hydroxylation sites is 1. The van der Waals surface area contributed by atoms with Gasteiger partial charge in [-0.3, -0.25) is 9.59 Å². The van der Waals surface area contributed by atoms with E-state index in [1.54, 1.807) is 17.0 Å². The smallest absolute Gasteiger partial charge is 0.241 e. The summed E-state index contributed by atoms with van der Waals surface area (Å²) < 4.78 is 0. The zero-order chi connectivity index (χ0) is 10.1. The number of ketones is 1. The second kappa shape index (κ2) is 3.50. The number of Topliss-reactive ketones (excluding diaryl/α,β-unsaturated/α-hetero) is 1. The molecule has 1 aliphatic rings. The Morgan fingerprint density at radius 3 is 2.79 bits per heavy atom. The summed E-state index contributed by atoms with van der Waals surface area (Å²) in [5.74, 6) is 0.114. The highest BCUT2D eigenvalue weighted by Gasteiger charge is 2.24. The monoisotopic (exact) mass is 207 g/mol. The second-order valence-corrected chi connectivity index (χ2v) is 3.67. The predicted molar refractivity (Wildman–Crippen MR) is 57.8 cm³/mol. The van der Waals surface area contributed by atoms with Crippen LogP contribution in [0.1, 0.15) is 16.8 Å². The molecular formula is C10H10NO2P. The molecule has 2 rings (SSSR count). The predicted octanol–water partition coefficient (Wildman–Crippen LogP) is 2.07. The van der Waals surface area contributed by atoms with Crippen molar-refractivity contribution >= 4 is 26.4 Å². The lowest BCUT2D eigenvalue weighted by Gasteiger charge is -2.27. The van der Waals surface area contributed by atoms with Gasteiger partial charge in [-0.1, -0.05) is 12.1 Å². The minimum absolute atomic E-state index is 0.0926. The third-order valence-electron chi connectivity index (χ3n) is 2.32. The molecule has 1 aliphatic heterocycles. The largest absolute Gasteiger partial charge is 0.308 e. The maximum absolute atomic E-state index is 11.5. The summed E-state index contributed by atoms with van der Waals surface area (Å²) in [6.45, 7) is 0.484. The molecular weight excluding hydrogens is 197 g/mol. The zero-order valence-corrected chi connectivity index (χ0v) is 8.72. The zero-order valence-electron chi connectivity index (χ0n) is 7.56. The molecule has 0 saturated heterocycles. The molecule has 0 saturated carbocycles. The van der Waals surface area contributed by atoms with E-state index in [9.17, 15) is 9.59 Å². The first kappa shape index (κ1) is 9.35. The standard InChI is InChI=1S/C10H10NO2P/c12-9-5-6-11(10(13)14)8-4-2-1-3-7(8)9/h1-4H,5-6,14H2. The molecule has 0 radical (unpaired) electrons. The van der Waals surface area contributed by atoms with Gasteiger partial charge >= 0.3 is 0 Å². The van der Waals surface area contributed by atoms with Crippen LogP contribution < -0.4 is 4.90 Å². The number of rotatable bonds is 0. The fraction of sp³-hybridized carbons (Fsp3) is 0.200. The van der Waals surface area contributed by atoms with Crippen LogP contribution in [0, 0.1) is 0 Å². The maximum Gasteiger partial charge on any atom is 0.241 e. The molecule has 0 bridgehead atoms. The Hall–Kier alpha value is -1.21. The average molecular weight is 207 g/mol. The van der Waals surface area contributed by atoms with Crippen molar-refractivity contribution in [3.05, 3.63) is 29.8 Å². The summed E-state index contributed by atoms with van der Waals surface area (Å²) in [6.07, 6.45) is 0.414. The van der Waals surface area contributed by atoms with Gasteiger partial charge in [0.15, 0.2) is 5.78 Å². The molecule has 14 heavy (non-hydrogen) atoms. The number of benzene rings is 1. The van der Waals surface area contributed by atoms with E-state index >= 15 is 0 Å². The third-order valence-corrected chi connectivity index (χ3v) is 2.64. The number of nitrogens with zero attached hydrogens (tertiary/aromatic N) is 1. The molecule has 72 valence electrons. The lowest BCUT2D eigenvalue weighted by Crippen LogP contribution is -2.33. The molecule has 0 fully saturated rings. The quantitative estimate of drug-likeness (QED) is 0.611. The number of fused-ring (bicyclic) bond motifs is 1. The lowest BCUT2D eigenvalue weighted by molar-refractivity contribution is 0.0981. The average Bonchev–Trinajstić information content (AvgIpc) is 2.18. The molecule has 0 spiro atoms. The van der Waals surface area contributed by atoms with Gasteiger partial charge < -0.3 is 4.90 Å². The number of hydrogen-bond donors (Lipinski definition) is 0. The molecule has 0 aromatic heterocycles. The summed E-state index contributed by atoms with van der Waals surface area (Å²) in [5, 5.41) is 0. The molecule has 1 amide bonds. The number of hydrogen-bond acceptors (Lipinski definition) is 2. The highest BCUT2D eigenvalue weighted by atomic mass is 31.0. The maximum atomic E-state index is 11.5. The van der Waals surface area contributed by atoms with E-state index in [0.29, 0.717) is 18.5 Å². The van der Waals surface area contributed by atoms with Crippen LogP contribution in [0.2, 0.25) is 0 Å². The van der Waals surface area contributed by atoms with E-state index in [-0.39, 0.29) is 11.4 Å². The van der Waals surface area contributed by atoms with Gasteiger partial charge in [0.05, 0.1) is 5.69 Å². The van der Waals surface area contributed by atoms with Crippen molar-refractivity contribution in [2.45, 2.75) is 6.42 Å².